The van der Waals surface area contributed by atoms with Crippen LogP contribution in [0, 0.1) is 0 Å². The van der Waals surface area contributed by atoms with E-state index in [1.165, 1.54) is 0 Å². The zero-order valence-electron chi connectivity index (χ0n) is 12.2. The van der Waals surface area contributed by atoms with E-state index in [4.69, 9.17) is 4.42 Å². The van der Waals surface area contributed by atoms with E-state index in [1.807, 2.05) is 37.3 Å². The standard InChI is InChI=1S/C16H18N4O/c1-3-9-17-11(2)15-19-20-16(21-15)13-8-4-6-12-7-5-10-18-14(12)13/h4-8,10-11,17H,3,9H2,1-2H3. The monoisotopic (exact) mass is 282 g/mol. The number of benzene rings is 1. The Bertz CT molecular complexity index is 732. The van der Waals surface area contributed by atoms with Crippen LogP contribution in [0.25, 0.3) is 22.4 Å². The van der Waals surface area contributed by atoms with Crippen molar-refractivity contribution in [1.29, 1.82) is 0 Å². The zero-order chi connectivity index (χ0) is 14.7. The van der Waals surface area contributed by atoms with Gasteiger partial charge in [-0.3, -0.25) is 4.98 Å². The number of nitrogens with one attached hydrogen (secondary N) is 1. The molecule has 0 saturated carbocycles. The first kappa shape index (κ1) is 13.7. The van der Waals surface area contributed by atoms with Gasteiger partial charge >= 0.3 is 0 Å². The molecule has 3 aromatic rings. The fourth-order valence-electron chi connectivity index (χ4n) is 2.24. The molecule has 5 heteroatoms. The number of nitrogens with zero attached hydrogens (tertiary/aromatic N) is 3. The van der Waals surface area contributed by atoms with Crippen LogP contribution in [0.3, 0.4) is 0 Å². The van der Waals surface area contributed by atoms with E-state index in [0.29, 0.717) is 11.8 Å². The molecule has 1 atom stereocenters. The highest BCUT2D eigenvalue weighted by molar-refractivity contribution is 5.91. The molecule has 0 amide bonds. The molecule has 0 radical (unpaired) electrons. The van der Waals surface area contributed by atoms with E-state index >= 15 is 0 Å². The van der Waals surface area contributed by atoms with Crippen LogP contribution in [0.2, 0.25) is 0 Å². The molecule has 0 aliphatic carbocycles. The topological polar surface area (TPSA) is 63.8 Å². The summed E-state index contributed by atoms with van der Waals surface area (Å²) in [6.45, 7) is 5.07. The molecule has 21 heavy (non-hydrogen) atoms. The maximum atomic E-state index is 5.81. The summed E-state index contributed by atoms with van der Waals surface area (Å²) in [7, 11) is 0. The predicted octanol–water partition coefficient (Wildman–Crippen LogP) is 3.35. The van der Waals surface area contributed by atoms with Gasteiger partial charge in [0.2, 0.25) is 11.8 Å². The molecule has 0 aliphatic heterocycles. The molecule has 0 spiro atoms. The van der Waals surface area contributed by atoms with Crippen LogP contribution in [0.1, 0.15) is 32.2 Å². The van der Waals surface area contributed by atoms with Crippen molar-refractivity contribution in [3.63, 3.8) is 0 Å². The second kappa shape index (κ2) is 6.01. The number of rotatable bonds is 5. The average Bonchev–Trinajstić information content (AvgIpc) is 3.02. The molecule has 0 aliphatic rings. The van der Waals surface area contributed by atoms with Gasteiger partial charge in [-0.05, 0) is 32.0 Å². The number of fused-ring (bicyclic) bond motifs is 1. The van der Waals surface area contributed by atoms with Gasteiger partial charge in [-0.15, -0.1) is 10.2 Å². The summed E-state index contributed by atoms with van der Waals surface area (Å²) in [5, 5.41) is 12.7. The molecule has 5 nitrogen and oxygen atoms in total. The van der Waals surface area contributed by atoms with Gasteiger partial charge in [-0.2, -0.15) is 0 Å². The van der Waals surface area contributed by atoms with Crippen LogP contribution in [-0.4, -0.2) is 21.7 Å². The maximum Gasteiger partial charge on any atom is 0.250 e. The van der Waals surface area contributed by atoms with Crippen LogP contribution < -0.4 is 5.32 Å². The van der Waals surface area contributed by atoms with Crippen molar-refractivity contribution in [3.05, 3.63) is 42.4 Å². The van der Waals surface area contributed by atoms with Gasteiger partial charge in [0.25, 0.3) is 0 Å². The van der Waals surface area contributed by atoms with E-state index in [0.717, 1.165) is 29.4 Å². The minimum atomic E-state index is 0.0501. The van der Waals surface area contributed by atoms with E-state index in [-0.39, 0.29) is 6.04 Å². The molecule has 0 fully saturated rings. The third-order valence-corrected chi connectivity index (χ3v) is 3.37. The molecule has 0 saturated heterocycles. The molecule has 0 bridgehead atoms. The Morgan fingerprint density at radius 2 is 2.05 bits per heavy atom. The summed E-state index contributed by atoms with van der Waals surface area (Å²) >= 11 is 0. The zero-order valence-corrected chi connectivity index (χ0v) is 12.2. The molecule has 1 aromatic carbocycles. The molecule has 1 unspecified atom stereocenters. The first-order chi connectivity index (χ1) is 10.3. The van der Waals surface area contributed by atoms with Crippen molar-refractivity contribution >= 4 is 10.9 Å². The number of para-hydroxylation sites is 1. The highest BCUT2D eigenvalue weighted by Gasteiger charge is 2.16. The minimum Gasteiger partial charge on any atom is -0.419 e. The van der Waals surface area contributed by atoms with E-state index < -0.39 is 0 Å². The number of aromatic nitrogens is 3. The van der Waals surface area contributed by atoms with Crippen molar-refractivity contribution < 1.29 is 4.42 Å². The molecule has 2 aromatic heterocycles. The predicted molar refractivity (Wildman–Crippen MR) is 81.7 cm³/mol. The first-order valence-electron chi connectivity index (χ1n) is 7.20. The fourth-order valence-corrected chi connectivity index (χ4v) is 2.24. The van der Waals surface area contributed by atoms with Gasteiger partial charge in [-0.1, -0.05) is 25.1 Å². The normalized spacial score (nSPS) is 12.7. The van der Waals surface area contributed by atoms with Gasteiger partial charge in [0.1, 0.15) is 0 Å². The van der Waals surface area contributed by atoms with Crippen molar-refractivity contribution in [2.24, 2.45) is 0 Å². The molecule has 108 valence electrons. The highest BCUT2D eigenvalue weighted by Crippen LogP contribution is 2.26. The van der Waals surface area contributed by atoms with E-state index in [1.54, 1.807) is 6.20 Å². The Hall–Kier alpha value is -2.27. The third kappa shape index (κ3) is 2.78. The Labute approximate surface area is 123 Å². The molecule has 3 rings (SSSR count). The Morgan fingerprint density at radius 3 is 2.90 bits per heavy atom. The van der Waals surface area contributed by atoms with Gasteiger partial charge in [-0.25, -0.2) is 0 Å². The summed E-state index contributed by atoms with van der Waals surface area (Å²) < 4.78 is 5.81. The van der Waals surface area contributed by atoms with Crippen molar-refractivity contribution in [3.8, 4) is 11.5 Å². The first-order valence-corrected chi connectivity index (χ1v) is 7.20. The highest BCUT2D eigenvalue weighted by atomic mass is 16.4. The lowest BCUT2D eigenvalue weighted by atomic mass is 10.1. The lowest BCUT2D eigenvalue weighted by Gasteiger charge is -2.07. The van der Waals surface area contributed by atoms with Crippen LogP contribution >= 0.6 is 0 Å². The van der Waals surface area contributed by atoms with Crippen LogP contribution in [-0.2, 0) is 0 Å². The lowest BCUT2D eigenvalue weighted by molar-refractivity contribution is 0.423. The third-order valence-electron chi connectivity index (χ3n) is 3.37. The Balaban J connectivity index is 1.95. The minimum absolute atomic E-state index is 0.0501. The van der Waals surface area contributed by atoms with Gasteiger partial charge in [0.15, 0.2) is 0 Å². The fraction of sp³-hybridized carbons (Fsp3) is 0.312. The summed E-state index contributed by atoms with van der Waals surface area (Å²) in [4.78, 5) is 4.42. The van der Waals surface area contributed by atoms with Crippen LogP contribution in [0.5, 0.6) is 0 Å². The maximum absolute atomic E-state index is 5.81. The van der Waals surface area contributed by atoms with Gasteiger partial charge in [0.05, 0.1) is 17.1 Å². The van der Waals surface area contributed by atoms with E-state index in [2.05, 4.69) is 27.4 Å². The van der Waals surface area contributed by atoms with Crippen LogP contribution in [0.15, 0.2) is 40.9 Å². The smallest absolute Gasteiger partial charge is 0.250 e. The summed E-state index contributed by atoms with van der Waals surface area (Å²) in [5.41, 5.74) is 1.75. The molecular weight excluding hydrogens is 264 g/mol. The Kier molecular flexibility index (Phi) is 3.92. The molecule has 2 heterocycles. The Morgan fingerprint density at radius 1 is 1.19 bits per heavy atom. The summed E-state index contributed by atoms with van der Waals surface area (Å²) in [5.74, 6) is 1.12. The summed E-state index contributed by atoms with van der Waals surface area (Å²) in [6.07, 6.45) is 2.84. The number of hydrogen-bond donors (Lipinski definition) is 1. The lowest BCUT2D eigenvalue weighted by Crippen LogP contribution is -2.19. The molecule has 1 N–H and O–H groups in total. The average molecular weight is 282 g/mol. The largest absolute Gasteiger partial charge is 0.419 e. The molecular formula is C16H18N4O. The van der Waals surface area contributed by atoms with E-state index in [9.17, 15) is 0 Å². The van der Waals surface area contributed by atoms with Crippen molar-refractivity contribution in [1.82, 2.24) is 20.5 Å². The second-order valence-corrected chi connectivity index (χ2v) is 5.00. The van der Waals surface area contributed by atoms with Crippen molar-refractivity contribution in [2.45, 2.75) is 26.3 Å². The summed E-state index contributed by atoms with van der Waals surface area (Å²) in [6, 6.07) is 9.94. The van der Waals surface area contributed by atoms with Gasteiger partial charge < -0.3 is 9.73 Å². The second-order valence-electron chi connectivity index (χ2n) is 5.00. The number of pyridine rings is 1. The van der Waals surface area contributed by atoms with Gasteiger partial charge in [0, 0.05) is 11.6 Å². The number of hydrogen-bond acceptors (Lipinski definition) is 5. The quantitative estimate of drug-likeness (QED) is 0.777. The van der Waals surface area contributed by atoms with Crippen LogP contribution in [0.4, 0.5) is 0 Å². The SMILES string of the molecule is CCCNC(C)c1nnc(-c2cccc3cccnc23)o1. The van der Waals surface area contributed by atoms with Crippen molar-refractivity contribution in [2.75, 3.05) is 6.54 Å².